The minimum Gasteiger partial charge on any atom is -0.408 e. The molecule has 0 saturated carbocycles. The second-order valence-electron chi connectivity index (χ2n) is 5.47. The van der Waals surface area contributed by atoms with Crippen molar-refractivity contribution < 1.29 is 9.21 Å². The first-order chi connectivity index (χ1) is 10.5. The van der Waals surface area contributed by atoms with Gasteiger partial charge in [0.15, 0.2) is 0 Å². The van der Waals surface area contributed by atoms with Crippen molar-refractivity contribution in [2.24, 2.45) is 5.10 Å². The maximum absolute atomic E-state index is 12.4. The molecule has 0 radical (unpaired) electrons. The van der Waals surface area contributed by atoms with E-state index in [-0.39, 0.29) is 18.5 Å². The van der Waals surface area contributed by atoms with Gasteiger partial charge in [0.05, 0.1) is 0 Å². The molecule has 0 aliphatic carbocycles. The molecular weight excluding hydrogens is 284 g/mol. The Kier molecular flexibility index (Phi) is 5.35. The van der Waals surface area contributed by atoms with Crippen LogP contribution >= 0.6 is 0 Å². The Labute approximate surface area is 130 Å². The van der Waals surface area contributed by atoms with E-state index >= 15 is 0 Å². The number of hydrazone groups is 1. The van der Waals surface area contributed by atoms with Crippen molar-refractivity contribution in [3.05, 3.63) is 5.89 Å². The lowest BCUT2D eigenvalue weighted by Crippen LogP contribution is -2.51. The Morgan fingerprint density at radius 2 is 2.09 bits per heavy atom. The third kappa shape index (κ3) is 3.75. The molecule has 1 saturated heterocycles. The summed E-state index contributed by atoms with van der Waals surface area (Å²) < 4.78 is 5.42. The number of piperazine rings is 1. The Hall–Kier alpha value is -2.12. The molecule has 2 heterocycles. The average Bonchev–Trinajstić information content (AvgIpc) is 2.98. The number of carbonyl (C=O) groups is 1. The van der Waals surface area contributed by atoms with E-state index in [1.54, 1.807) is 11.9 Å². The Morgan fingerprint density at radius 3 is 2.59 bits per heavy atom. The van der Waals surface area contributed by atoms with Gasteiger partial charge in [-0.2, -0.15) is 5.10 Å². The van der Waals surface area contributed by atoms with E-state index in [1.807, 2.05) is 16.7 Å². The van der Waals surface area contributed by atoms with Crippen LogP contribution in [0.25, 0.3) is 0 Å². The summed E-state index contributed by atoms with van der Waals surface area (Å²) in [6.45, 7) is 12.4. The summed E-state index contributed by atoms with van der Waals surface area (Å²) >= 11 is 0. The summed E-state index contributed by atoms with van der Waals surface area (Å²) in [5.74, 6) is 0.629. The number of rotatable bonds is 6. The Morgan fingerprint density at radius 1 is 1.41 bits per heavy atom. The van der Waals surface area contributed by atoms with E-state index in [9.17, 15) is 4.79 Å². The fraction of sp³-hybridized carbons (Fsp3) is 0.714. The number of aromatic nitrogens is 2. The lowest BCUT2D eigenvalue weighted by Gasteiger charge is -2.35. The van der Waals surface area contributed by atoms with E-state index in [2.05, 4.69) is 28.9 Å². The van der Waals surface area contributed by atoms with Crippen LogP contribution in [0.1, 0.15) is 26.2 Å². The smallest absolute Gasteiger partial charge is 0.318 e. The van der Waals surface area contributed by atoms with Crippen molar-refractivity contribution in [1.82, 2.24) is 20.1 Å². The second-order valence-corrected chi connectivity index (χ2v) is 5.47. The molecule has 0 aromatic carbocycles. The summed E-state index contributed by atoms with van der Waals surface area (Å²) in [7, 11) is 0. The first-order valence-corrected chi connectivity index (χ1v) is 7.61. The molecule has 0 N–H and O–H groups in total. The third-order valence-corrected chi connectivity index (χ3v) is 4.00. The first kappa shape index (κ1) is 16.3. The highest BCUT2D eigenvalue weighted by Gasteiger charge is 2.25. The zero-order valence-electron chi connectivity index (χ0n) is 13.5. The second kappa shape index (κ2) is 7.24. The maximum atomic E-state index is 12.4. The van der Waals surface area contributed by atoms with Crippen LogP contribution in [-0.4, -0.2) is 71.5 Å². The molecule has 1 fully saturated rings. The van der Waals surface area contributed by atoms with Crippen molar-refractivity contribution in [1.29, 1.82) is 0 Å². The van der Waals surface area contributed by atoms with Crippen molar-refractivity contribution in [3.8, 4) is 0 Å². The summed E-state index contributed by atoms with van der Waals surface area (Å²) in [6, 6.07) is 0.739. The van der Waals surface area contributed by atoms with E-state index in [1.165, 1.54) is 0 Å². The number of aryl methyl sites for hydroxylation is 1. The van der Waals surface area contributed by atoms with Gasteiger partial charge in [0, 0.05) is 45.9 Å². The van der Waals surface area contributed by atoms with Gasteiger partial charge in [-0.15, -0.1) is 5.10 Å². The molecular formula is C14H24N6O2. The van der Waals surface area contributed by atoms with Gasteiger partial charge in [0.2, 0.25) is 11.8 Å². The standard InChI is InChI=1S/C14H24N6O2/c1-5-11(2)20(15-4)10-13(21)18-6-8-19(9-7-18)14-17-16-12(3)22-14/h11H,4-10H2,1-3H3. The van der Waals surface area contributed by atoms with Crippen molar-refractivity contribution >= 4 is 18.6 Å². The minimum atomic E-state index is 0.0778. The van der Waals surface area contributed by atoms with Crippen molar-refractivity contribution in [3.63, 3.8) is 0 Å². The van der Waals surface area contributed by atoms with Crippen LogP contribution in [0.3, 0.4) is 0 Å². The Bertz CT molecular complexity index is 509. The molecule has 1 aromatic heterocycles. The number of amides is 1. The van der Waals surface area contributed by atoms with Gasteiger partial charge in [0.25, 0.3) is 0 Å². The molecule has 8 nitrogen and oxygen atoms in total. The van der Waals surface area contributed by atoms with Crippen LogP contribution in [-0.2, 0) is 4.79 Å². The zero-order valence-corrected chi connectivity index (χ0v) is 13.5. The highest BCUT2D eigenvalue weighted by atomic mass is 16.4. The van der Waals surface area contributed by atoms with Gasteiger partial charge in [-0.3, -0.25) is 9.80 Å². The van der Waals surface area contributed by atoms with E-state index < -0.39 is 0 Å². The molecule has 8 heteroatoms. The zero-order chi connectivity index (χ0) is 16.1. The van der Waals surface area contributed by atoms with Gasteiger partial charge in [0.1, 0.15) is 6.54 Å². The molecule has 1 aliphatic rings. The number of hydrogen-bond donors (Lipinski definition) is 0. The van der Waals surface area contributed by atoms with Crippen LogP contribution in [0.2, 0.25) is 0 Å². The molecule has 0 spiro atoms. The predicted octanol–water partition coefficient (Wildman–Crippen LogP) is 0.743. The molecule has 2 rings (SSSR count). The molecule has 1 aliphatic heterocycles. The normalized spacial score (nSPS) is 16.5. The van der Waals surface area contributed by atoms with Gasteiger partial charge in [-0.1, -0.05) is 12.0 Å². The lowest BCUT2D eigenvalue weighted by atomic mass is 10.2. The van der Waals surface area contributed by atoms with Crippen molar-refractivity contribution in [2.75, 3.05) is 37.6 Å². The lowest BCUT2D eigenvalue weighted by molar-refractivity contribution is -0.133. The van der Waals surface area contributed by atoms with Crippen LogP contribution in [0.5, 0.6) is 0 Å². The van der Waals surface area contributed by atoms with Crippen LogP contribution in [0.15, 0.2) is 9.52 Å². The molecule has 0 bridgehead atoms. The molecule has 22 heavy (non-hydrogen) atoms. The molecule has 1 amide bonds. The van der Waals surface area contributed by atoms with Gasteiger partial charge in [-0.25, -0.2) is 0 Å². The van der Waals surface area contributed by atoms with Gasteiger partial charge >= 0.3 is 6.01 Å². The quantitative estimate of drug-likeness (QED) is 0.570. The fourth-order valence-electron chi connectivity index (χ4n) is 2.36. The molecule has 1 aromatic rings. The minimum absolute atomic E-state index is 0.0778. The molecule has 1 atom stereocenters. The highest BCUT2D eigenvalue weighted by molar-refractivity contribution is 5.78. The van der Waals surface area contributed by atoms with E-state index in [4.69, 9.17) is 4.42 Å². The number of hydrogen-bond acceptors (Lipinski definition) is 7. The number of anilines is 1. The monoisotopic (exact) mass is 308 g/mol. The summed E-state index contributed by atoms with van der Waals surface area (Å²) in [5, 5.41) is 13.5. The average molecular weight is 308 g/mol. The number of nitrogens with zero attached hydrogens (tertiary/aromatic N) is 6. The third-order valence-electron chi connectivity index (χ3n) is 4.00. The number of carbonyl (C=O) groups excluding carboxylic acids is 1. The van der Waals surface area contributed by atoms with Gasteiger partial charge < -0.3 is 14.2 Å². The topological polar surface area (TPSA) is 78.1 Å². The summed E-state index contributed by atoms with van der Waals surface area (Å²) in [4.78, 5) is 16.2. The maximum Gasteiger partial charge on any atom is 0.318 e. The predicted molar refractivity (Wildman–Crippen MR) is 83.8 cm³/mol. The Balaban J connectivity index is 1.85. The summed E-state index contributed by atoms with van der Waals surface area (Å²) in [6.07, 6.45) is 0.927. The fourth-order valence-corrected chi connectivity index (χ4v) is 2.36. The van der Waals surface area contributed by atoms with Gasteiger partial charge in [-0.05, 0) is 13.3 Å². The van der Waals surface area contributed by atoms with Crippen LogP contribution < -0.4 is 4.90 Å². The van der Waals surface area contributed by atoms with Crippen molar-refractivity contribution in [2.45, 2.75) is 33.2 Å². The molecule has 1 unspecified atom stereocenters. The summed E-state index contributed by atoms with van der Waals surface area (Å²) in [5.41, 5.74) is 0. The highest BCUT2D eigenvalue weighted by Crippen LogP contribution is 2.14. The molecule has 122 valence electrons. The van der Waals surface area contributed by atoms with E-state index in [0.29, 0.717) is 38.1 Å². The SMILES string of the molecule is C=NN(CC(=O)N1CCN(c2nnc(C)o2)CC1)C(C)CC. The first-order valence-electron chi connectivity index (χ1n) is 7.61. The van der Waals surface area contributed by atoms with Crippen LogP contribution in [0, 0.1) is 6.92 Å². The van der Waals surface area contributed by atoms with E-state index in [0.717, 1.165) is 6.42 Å². The van der Waals surface area contributed by atoms with Crippen LogP contribution in [0.4, 0.5) is 6.01 Å². The largest absolute Gasteiger partial charge is 0.408 e.